The first-order valence-corrected chi connectivity index (χ1v) is 6.80. The van der Waals surface area contributed by atoms with Gasteiger partial charge >= 0.3 is 6.55 Å². The highest BCUT2D eigenvalue weighted by Gasteiger charge is 2.15. The lowest BCUT2D eigenvalue weighted by Crippen LogP contribution is -2.15. The van der Waals surface area contributed by atoms with E-state index in [9.17, 15) is 18.0 Å². The van der Waals surface area contributed by atoms with Crippen LogP contribution in [0.1, 0.15) is 22.6 Å². The molecule has 0 radical (unpaired) electrons. The van der Waals surface area contributed by atoms with Gasteiger partial charge in [-0.2, -0.15) is 13.9 Å². The fourth-order valence-corrected chi connectivity index (χ4v) is 1.94. The summed E-state index contributed by atoms with van der Waals surface area (Å²) < 4.78 is 39.5. The smallest absolute Gasteiger partial charge is 0.288 e. The van der Waals surface area contributed by atoms with Gasteiger partial charge in [-0.3, -0.25) is 10.1 Å². The van der Waals surface area contributed by atoms with E-state index in [-0.39, 0.29) is 17.5 Å². The highest BCUT2D eigenvalue weighted by molar-refractivity contribution is 6.01. The molecule has 3 rings (SSSR count). The maximum atomic E-state index is 12.8. The SMILES string of the molecule is O=C(Nc1ncn(Cc2ccc(F)cc2)n1)c1ccn(C(F)F)n1. The van der Waals surface area contributed by atoms with Gasteiger partial charge in [-0.1, -0.05) is 12.1 Å². The van der Waals surface area contributed by atoms with Gasteiger partial charge in [-0.25, -0.2) is 18.7 Å². The second-order valence-corrected chi connectivity index (χ2v) is 4.80. The summed E-state index contributed by atoms with van der Waals surface area (Å²) in [5.74, 6) is -1.03. The molecule has 1 N–H and O–H groups in total. The van der Waals surface area contributed by atoms with E-state index in [2.05, 4.69) is 20.5 Å². The lowest BCUT2D eigenvalue weighted by Gasteiger charge is -2.01. The highest BCUT2D eigenvalue weighted by Crippen LogP contribution is 2.10. The van der Waals surface area contributed by atoms with Crippen LogP contribution >= 0.6 is 0 Å². The minimum Gasteiger partial charge on any atom is -0.288 e. The Hall–Kier alpha value is -3.17. The van der Waals surface area contributed by atoms with Crippen LogP contribution in [0.5, 0.6) is 0 Å². The number of hydrogen-bond acceptors (Lipinski definition) is 4. The maximum absolute atomic E-state index is 12.8. The molecule has 0 atom stereocenters. The Labute approximate surface area is 133 Å². The minimum absolute atomic E-state index is 0.00806. The number of rotatable bonds is 5. The molecule has 0 bridgehead atoms. The lowest BCUT2D eigenvalue weighted by molar-refractivity contribution is 0.0561. The standard InChI is InChI=1S/C14H11F3N6O/c15-10-3-1-9(2-4-10)7-22-8-18-14(21-22)19-12(24)11-5-6-23(20-11)13(16)17/h1-6,8,13H,7H2,(H,19,21,24). The zero-order valence-corrected chi connectivity index (χ0v) is 12.1. The second-order valence-electron chi connectivity index (χ2n) is 4.80. The Bertz CT molecular complexity index is 842. The van der Waals surface area contributed by atoms with Gasteiger partial charge in [0.25, 0.3) is 5.91 Å². The third kappa shape index (κ3) is 3.59. The zero-order valence-electron chi connectivity index (χ0n) is 12.1. The van der Waals surface area contributed by atoms with Crippen molar-refractivity contribution < 1.29 is 18.0 Å². The summed E-state index contributed by atoms with van der Waals surface area (Å²) in [6.45, 7) is -2.48. The van der Waals surface area contributed by atoms with E-state index in [1.54, 1.807) is 12.1 Å². The molecule has 2 heterocycles. The summed E-state index contributed by atoms with van der Waals surface area (Å²) in [6, 6.07) is 7.03. The van der Waals surface area contributed by atoms with Gasteiger partial charge in [0.05, 0.1) is 6.54 Å². The zero-order chi connectivity index (χ0) is 17.1. The van der Waals surface area contributed by atoms with Crippen molar-refractivity contribution in [1.82, 2.24) is 24.5 Å². The molecule has 0 aliphatic heterocycles. The van der Waals surface area contributed by atoms with Crippen molar-refractivity contribution in [2.24, 2.45) is 0 Å². The summed E-state index contributed by atoms with van der Waals surface area (Å²) in [6.07, 6.45) is 2.39. The molecule has 0 saturated carbocycles. The first-order valence-electron chi connectivity index (χ1n) is 6.80. The molecule has 0 aliphatic carbocycles. The van der Waals surface area contributed by atoms with Gasteiger partial charge in [0.1, 0.15) is 12.1 Å². The van der Waals surface area contributed by atoms with E-state index in [1.807, 2.05) is 0 Å². The molecule has 1 amide bonds. The quantitative estimate of drug-likeness (QED) is 0.776. The number of halogens is 3. The summed E-state index contributed by atoms with van der Waals surface area (Å²) >= 11 is 0. The molecule has 1 aromatic carbocycles. The predicted molar refractivity (Wildman–Crippen MR) is 77.0 cm³/mol. The van der Waals surface area contributed by atoms with E-state index in [1.165, 1.54) is 23.1 Å². The number of benzene rings is 1. The van der Waals surface area contributed by atoms with Gasteiger partial charge < -0.3 is 0 Å². The molecule has 0 spiro atoms. The van der Waals surface area contributed by atoms with Crippen LogP contribution in [-0.4, -0.2) is 30.5 Å². The third-order valence-electron chi connectivity index (χ3n) is 3.06. The molecule has 10 heteroatoms. The first-order chi connectivity index (χ1) is 11.5. The molecule has 0 saturated heterocycles. The van der Waals surface area contributed by atoms with E-state index in [0.29, 0.717) is 11.2 Å². The molecule has 0 unspecified atom stereocenters. The molecule has 0 aliphatic rings. The minimum atomic E-state index is -2.82. The Balaban J connectivity index is 1.64. The Morgan fingerprint density at radius 1 is 1.17 bits per heavy atom. The van der Waals surface area contributed by atoms with Crippen molar-refractivity contribution >= 4 is 11.9 Å². The number of nitrogens with one attached hydrogen (secondary N) is 1. The molecule has 0 fully saturated rings. The number of alkyl halides is 2. The lowest BCUT2D eigenvalue weighted by atomic mass is 10.2. The van der Waals surface area contributed by atoms with Crippen LogP contribution in [0.4, 0.5) is 19.1 Å². The molecular formula is C14H11F3N6O. The van der Waals surface area contributed by atoms with E-state index >= 15 is 0 Å². The van der Waals surface area contributed by atoms with Crippen LogP contribution in [0, 0.1) is 5.82 Å². The molecule has 2 aromatic heterocycles. The predicted octanol–water partition coefficient (Wildman–Crippen LogP) is 2.31. The van der Waals surface area contributed by atoms with Crippen LogP contribution in [0.2, 0.25) is 0 Å². The highest BCUT2D eigenvalue weighted by atomic mass is 19.3. The number of anilines is 1. The molecule has 124 valence electrons. The van der Waals surface area contributed by atoms with E-state index in [0.717, 1.165) is 17.8 Å². The van der Waals surface area contributed by atoms with Crippen molar-refractivity contribution in [1.29, 1.82) is 0 Å². The van der Waals surface area contributed by atoms with Crippen molar-refractivity contribution in [2.75, 3.05) is 5.32 Å². The van der Waals surface area contributed by atoms with E-state index < -0.39 is 12.5 Å². The van der Waals surface area contributed by atoms with Gasteiger partial charge in [0.2, 0.25) is 5.95 Å². The summed E-state index contributed by atoms with van der Waals surface area (Å²) in [5, 5.41) is 9.84. The molecule has 7 nitrogen and oxygen atoms in total. The van der Waals surface area contributed by atoms with Crippen molar-refractivity contribution in [3.63, 3.8) is 0 Å². The molecule has 24 heavy (non-hydrogen) atoms. The number of carbonyl (C=O) groups excluding carboxylic acids is 1. The van der Waals surface area contributed by atoms with Crippen molar-refractivity contribution in [2.45, 2.75) is 13.1 Å². The van der Waals surface area contributed by atoms with Crippen LogP contribution in [0.15, 0.2) is 42.9 Å². The van der Waals surface area contributed by atoms with Crippen molar-refractivity contribution in [3.8, 4) is 0 Å². The topological polar surface area (TPSA) is 77.6 Å². The Morgan fingerprint density at radius 3 is 2.58 bits per heavy atom. The number of hydrogen-bond donors (Lipinski definition) is 1. The normalized spacial score (nSPS) is 11.0. The van der Waals surface area contributed by atoms with E-state index in [4.69, 9.17) is 0 Å². The van der Waals surface area contributed by atoms with Crippen molar-refractivity contribution in [3.05, 3.63) is 59.9 Å². The largest absolute Gasteiger partial charge is 0.333 e. The van der Waals surface area contributed by atoms with Crippen LogP contribution in [0.25, 0.3) is 0 Å². The average Bonchev–Trinajstić information content (AvgIpc) is 3.19. The van der Waals surface area contributed by atoms with Crippen LogP contribution in [0.3, 0.4) is 0 Å². The Kier molecular flexibility index (Phi) is 4.27. The average molecular weight is 336 g/mol. The summed E-state index contributed by atoms with van der Waals surface area (Å²) in [7, 11) is 0. The van der Waals surface area contributed by atoms with Gasteiger partial charge in [0, 0.05) is 6.20 Å². The first kappa shape index (κ1) is 15.7. The fourth-order valence-electron chi connectivity index (χ4n) is 1.94. The van der Waals surface area contributed by atoms with Gasteiger partial charge in [-0.15, -0.1) is 5.10 Å². The Morgan fingerprint density at radius 2 is 1.92 bits per heavy atom. The second kappa shape index (κ2) is 6.52. The van der Waals surface area contributed by atoms with Gasteiger partial charge in [-0.05, 0) is 23.8 Å². The number of carbonyl (C=O) groups is 1. The third-order valence-corrected chi connectivity index (χ3v) is 3.06. The van der Waals surface area contributed by atoms with Crippen LogP contribution < -0.4 is 5.32 Å². The van der Waals surface area contributed by atoms with Crippen LogP contribution in [-0.2, 0) is 6.54 Å². The number of amides is 1. The molecular weight excluding hydrogens is 325 g/mol. The van der Waals surface area contributed by atoms with Gasteiger partial charge in [0.15, 0.2) is 5.69 Å². The fraction of sp³-hybridized carbons (Fsp3) is 0.143. The monoisotopic (exact) mass is 336 g/mol. The number of aromatic nitrogens is 5. The molecule has 3 aromatic rings. The summed E-state index contributed by atoms with van der Waals surface area (Å²) in [5.41, 5.74) is 0.625. The summed E-state index contributed by atoms with van der Waals surface area (Å²) in [4.78, 5) is 15.8. The maximum Gasteiger partial charge on any atom is 0.333 e. The number of nitrogens with zero attached hydrogens (tertiary/aromatic N) is 5.